The lowest BCUT2D eigenvalue weighted by atomic mass is 9.92. The summed E-state index contributed by atoms with van der Waals surface area (Å²) >= 11 is 0. The van der Waals surface area contributed by atoms with Gasteiger partial charge in [0.2, 0.25) is 0 Å². The Kier molecular flexibility index (Phi) is 3.94. The molecule has 0 aromatic carbocycles. The number of esters is 1. The summed E-state index contributed by atoms with van der Waals surface area (Å²) in [6.45, 7) is 3.02. The summed E-state index contributed by atoms with van der Waals surface area (Å²) < 4.78 is 15.2. The Bertz CT molecular complexity index is 530. The summed E-state index contributed by atoms with van der Waals surface area (Å²) in [6.07, 6.45) is 2.94. The third-order valence-corrected chi connectivity index (χ3v) is 2.98. The van der Waals surface area contributed by atoms with E-state index in [1.54, 1.807) is 19.1 Å². The highest BCUT2D eigenvalue weighted by molar-refractivity contribution is 5.92. The molecule has 6 nitrogen and oxygen atoms in total. The molecule has 0 amide bonds. The Balaban J connectivity index is 2.33. The molecule has 0 fully saturated rings. The molecule has 2 rings (SSSR count). The van der Waals surface area contributed by atoms with Crippen LogP contribution in [0.25, 0.3) is 0 Å². The second-order valence-corrected chi connectivity index (χ2v) is 4.52. The number of rotatable bonds is 4. The first kappa shape index (κ1) is 14.3. The highest BCUT2D eigenvalue weighted by atomic mass is 16.7. The third-order valence-electron chi connectivity index (χ3n) is 2.98. The Labute approximate surface area is 116 Å². The summed E-state index contributed by atoms with van der Waals surface area (Å²) in [7, 11) is 0. The predicted molar refractivity (Wildman–Crippen MR) is 67.5 cm³/mol. The van der Waals surface area contributed by atoms with E-state index in [9.17, 15) is 14.7 Å². The largest absolute Gasteiger partial charge is 0.469 e. The Morgan fingerprint density at radius 3 is 2.85 bits per heavy atom. The van der Waals surface area contributed by atoms with Gasteiger partial charge in [0.25, 0.3) is 0 Å². The molecular formula is C14H16O6. The van der Waals surface area contributed by atoms with E-state index in [0.29, 0.717) is 5.76 Å². The van der Waals surface area contributed by atoms with Crippen molar-refractivity contribution in [1.82, 2.24) is 0 Å². The van der Waals surface area contributed by atoms with Gasteiger partial charge in [-0.05, 0) is 25.1 Å². The van der Waals surface area contributed by atoms with Crippen LogP contribution in [0.1, 0.15) is 31.9 Å². The Morgan fingerprint density at radius 1 is 1.55 bits per heavy atom. The van der Waals surface area contributed by atoms with Crippen LogP contribution in [0.3, 0.4) is 0 Å². The zero-order valence-corrected chi connectivity index (χ0v) is 11.3. The fourth-order valence-corrected chi connectivity index (χ4v) is 2.04. The number of Topliss-reactive ketones (excluding diaryl/α,β-unsaturated/α-hetero) is 1. The molecule has 0 spiro atoms. The Hall–Kier alpha value is -2.08. The van der Waals surface area contributed by atoms with Gasteiger partial charge in [0.1, 0.15) is 5.76 Å². The summed E-state index contributed by atoms with van der Waals surface area (Å²) in [5.74, 6) is -3.45. The molecule has 1 N–H and O–H groups in total. The molecule has 0 radical (unpaired) electrons. The summed E-state index contributed by atoms with van der Waals surface area (Å²) in [6, 6.07) is 3.39. The predicted octanol–water partition coefficient (Wildman–Crippen LogP) is 1.51. The summed E-state index contributed by atoms with van der Waals surface area (Å²) in [4.78, 5) is 23.3. The zero-order valence-electron chi connectivity index (χ0n) is 11.3. The van der Waals surface area contributed by atoms with Crippen LogP contribution in [0.2, 0.25) is 0 Å². The molecule has 0 saturated carbocycles. The first-order chi connectivity index (χ1) is 9.46. The van der Waals surface area contributed by atoms with Gasteiger partial charge < -0.3 is 19.0 Å². The minimum atomic E-state index is -2.18. The fourth-order valence-electron chi connectivity index (χ4n) is 2.04. The molecule has 1 aromatic rings. The summed E-state index contributed by atoms with van der Waals surface area (Å²) in [5, 5.41) is 10.3. The van der Waals surface area contributed by atoms with Crippen molar-refractivity contribution in [2.75, 3.05) is 6.61 Å². The molecule has 0 aliphatic carbocycles. The number of carbonyl (C=O) groups is 2. The average molecular weight is 280 g/mol. The van der Waals surface area contributed by atoms with Crippen LogP contribution in [0.4, 0.5) is 0 Å². The smallest absolute Gasteiger partial charge is 0.379 e. The van der Waals surface area contributed by atoms with E-state index in [1.807, 2.05) is 0 Å². The highest BCUT2D eigenvalue weighted by Crippen LogP contribution is 2.36. The van der Waals surface area contributed by atoms with Crippen LogP contribution in [-0.4, -0.2) is 29.3 Å². The molecule has 0 bridgehead atoms. The maximum absolute atomic E-state index is 11.8. The molecule has 2 atom stereocenters. The maximum atomic E-state index is 11.8. The minimum absolute atomic E-state index is 0.0733. The van der Waals surface area contributed by atoms with Gasteiger partial charge >= 0.3 is 11.8 Å². The number of carbonyl (C=O) groups excluding carboxylic acids is 2. The highest BCUT2D eigenvalue weighted by Gasteiger charge is 2.47. The van der Waals surface area contributed by atoms with Crippen molar-refractivity contribution >= 4 is 11.8 Å². The maximum Gasteiger partial charge on any atom is 0.379 e. The van der Waals surface area contributed by atoms with Crippen molar-refractivity contribution in [3.8, 4) is 0 Å². The van der Waals surface area contributed by atoms with Crippen LogP contribution >= 0.6 is 0 Å². The van der Waals surface area contributed by atoms with Crippen LogP contribution < -0.4 is 0 Å². The van der Waals surface area contributed by atoms with Gasteiger partial charge in [-0.15, -0.1) is 0 Å². The van der Waals surface area contributed by atoms with E-state index >= 15 is 0 Å². The van der Waals surface area contributed by atoms with Crippen molar-refractivity contribution < 1.29 is 28.6 Å². The van der Waals surface area contributed by atoms with E-state index in [0.717, 1.165) is 0 Å². The quantitative estimate of drug-likeness (QED) is 0.841. The van der Waals surface area contributed by atoms with E-state index in [-0.39, 0.29) is 24.6 Å². The van der Waals surface area contributed by atoms with E-state index in [4.69, 9.17) is 13.9 Å². The topological polar surface area (TPSA) is 86.0 Å². The molecule has 1 aliphatic rings. The molecule has 108 valence electrons. The lowest BCUT2D eigenvalue weighted by Crippen LogP contribution is -2.46. The van der Waals surface area contributed by atoms with Crippen molar-refractivity contribution in [1.29, 1.82) is 0 Å². The number of hydrogen-bond acceptors (Lipinski definition) is 6. The second kappa shape index (κ2) is 5.50. The fraction of sp³-hybridized carbons (Fsp3) is 0.429. The molecule has 0 saturated heterocycles. The normalized spacial score (nSPS) is 25.6. The number of aliphatic hydroxyl groups is 1. The van der Waals surface area contributed by atoms with Crippen LogP contribution in [0.15, 0.2) is 34.6 Å². The third kappa shape index (κ3) is 2.75. The van der Waals surface area contributed by atoms with Gasteiger partial charge in [-0.1, -0.05) is 0 Å². The van der Waals surface area contributed by atoms with Gasteiger partial charge in [-0.3, -0.25) is 4.79 Å². The standard InChI is InChI=1S/C14H16O6/c1-3-18-13(16)14(17)8-10(11-5-4-6-19-11)7-12(20-14)9(2)15/h4-7,10,17H,3,8H2,1-2H3. The lowest BCUT2D eigenvalue weighted by Gasteiger charge is -2.33. The lowest BCUT2D eigenvalue weighted by molar-refractivity contribution is -0.222. The van der Waals surface area contributed by atoms with Crippen molar-refractivity contribution in [3.05, 3.63) is 36.0 Å². The van der Waals surface area contributed by atoms with Gasteiger partial charge in [-0.2, -0.15) is 0 Å². The molecule has 1 aromatic heterocycles. The number of hydrogen-bond donors (Lipinski definition) is 1. The minimum Gasteiger partial charge on any atom is -0.469 e. The van der Waals surface area contributed by atoms with E-state index in [1.165, 1.54) is 19.3 Å². The molecule has 6 heteroatoms. The first-order valence-electron chi connectivity index (χ1n) is 6.31. The van der Waals surface area contributed by atoms with Crippen LogP contribution in [0.5, 0.6) is 0 Å². The molecular weight excluding hydrogens is 264 g/mol. The van der Waals surface area contributed by atoms with E-state index in [2.05, 4.69) is 0 Å². The number of ketones is 1. The van der Waals surface area contributed by atoms with Crippen molar-refractivity contribution in [2.45, 2.75) is 32.0 Å². The van der Waals surface area contributed by atoms with E-state index < -0.39 is 17.7 Å². The van der Waals surface area contributed by atoms with Gasteiger partial charge in [0.15, 0.2) is 11.5 Å². The van der Waals surface area contributed by atoms with Crippen molar-refractivity contribution in [2.24, 2.45) is 0 Å². The van der Waals surface area contributed by atoms with Crippen LogP contribution in [-0.2, 0) is 19.1 Å². The first-order valence-corrected chi connectivity index (χ1v) is 6.31. The molecule has 20 heavy (non-hydrogen) atoms. The van der Waals surface area contributed by atoms with Gasteiger partial charge in [0.05, 0.1) is 12.9 Å². The van der Waals surface area contributed by atoms with Gasteiger partial charge in [0, 0.05) is 19.3 Å². The molecule has 2 unspecified atom stereocenters. The summed E-state index contributed by atoms with van der Waals surface area (Å²) in [5.41, 5.74) is 0. The molecule has 1 aliphatic heterocycles. The zero-order chi connectivity index (χ0) is 14.8. The number of furan rings is 1. The van der Waals surface area contributed by atoms with Crippen LogP contribution in [0, 0.1) is 0 Å². The second-order valence-electron chi connectivity index (χ2n) is 4.52. The number of ether oxygens (including phenoxy) is 2. The number of allylic oxidation sites excluding steroid dienone is 2. The average Bonchev–Trinajstić information content (AvgIpc) is 2.92. The Morgan fingerprint density at radius 2 is 2.30 bits per heavy atom. The van der Waals surface area contributed by atoms with Gasteiger partial charge in [-0.25, -0.2) is 4.79 Å². The monoisotopic (exact) mass is 280 g/mol. The van der Waals surface area contributed by atoms with Crippen molar-refractivity contribution in [3.63, 3.8) is 0 Å². The molecule has 2 heterocycles. The SMILES string of the molecule is CCOC(=O)C1(O)CC(c2ccco2)C=C(C(C)=O)O1.